The Morgan fingerprint density at radius 2 is 2.11 bits per heavy atom. The van der Waals surface area contributed by atoms with Crippen LogP contribution in [0.15, 0.2) is 18.2 Å². The van der Waals surface area contributed by atoms with Crippen molar-refractivity contribution < 1.29 is 19.0 Å². The third kappa shape index (κ3) is 4.15. The molecule has 0 aliphatic carbocycles. The quantitative estimate of drug-likeness (QED) is 0.599. The van der Waals surface area contributed by atoms with Crippen LogP contribution in [0.1, 0.15) is 24.2 Å². The number of hydrogen-bond donors (Lipinski definition) is 0. The van der Waals surface area contributed by atoms with Crippen molar-refractivity contribution in [1.29, 1.82) is 0 Å². The molecule has 1 saturated heterocycles. The van der Waals surface area contributed by atoms with Crippen LogP contribution in [0.5, 0.6) is 5.75 Å². The van der Waals surface area contributed by atoms with Gasteiger partial charge in [0.2, 0.25) is 0 Å². The van der Waals surface area contributed by atoms with Crippen LogP contribution in [0.2, 0.25) is 0 Å². The van der Waals surface area contributed by atoms with E-state index in [2.05, 4.69) is 36.4 Å². The van der Waals surface area contributed by atoms with Crippen LogP contribution in [-0.2, 0) is 9.47 Å². The molecule has 1 heterocycles. The van der Waals surface area contributed by atoms with Gasteiger partial charge in [0.1, 0.15) is 18.6 Å². The Hall–Kier alpha value is -0.660. The molecule has 19 heavy (non-hydrogen) atoms. The van der Waals surface area contributed by atoms with Crippen LogP contribution in [-0.4, -0.2) is 32.4 Å². The van der Waals surface area contributed by atoms with Gasteiger partial charge < -0.3 is 14.2 Å². The van der Waals surface area contributed by atoms with Gasteiger partial charge in [0.05, 0.1) is 16.8 Å². The average molecular weight is 376 g/mol. The van der Waals surface area contributed by atoms with E-state index >= 15 is 0 Å². The first-order valence-electron chi connectivity index (χ1n) is 6.11. The van der Waals surface area contributed by atoms with E-state index in [1.807, 2.05) is 6.07 Å². The Morgan fingerprint density at radius 3 is 2.74 bits per heavy atom. The van der Waals surface area contributed by atoms with E-state index in [9.17, 15) is 4.79 Å². The van der Waals surface area contributed by atoms with E-state index in [-0.39, 0.29) is 11.7 Å². The summed E-state index contributed by atoms with van der Waals surface area (Å²) in [5.41, 5.74) is 0.657. The summed E-state index contributed by atoms with van der Waals surface area (Å²) in [7, 11) is 0. The summed E-state index contributed by atoms with van der Waals surface area (Å²) >= 11 is 2.17. The minimum absolute atomic E-state index is 0.0579. The van der Waals surface area contributed by atoms with Gasteiger partial charge in [0.15, 0.2) is 6.29 Å². The largest absolute Gasteiger partial charge is 0.487 e. The van der Waals surface area contributed by atoms with E-state index in [1.54, 1.807) is 12.1 Å². The molecule has 1 aromatic rings. The van der Waals surface area contributed by atoms with Crippen LogP contribution in [0.3, 0.4) is 0 Å². The van der Waals surface area contributed by atoms with Crippen LogP contribution in [0.4, 0.5) is 0 Å². The summed E-state index contributed by atoms with van der Waals surface area (Å²) in [6.45, 7) is 5.84. The molecule has 1 fully saturated rings. The molecule has 5 heteroatoms. The second kappa shape index (κ2) is 6.19. The Kier molecular flexibility index (Phi) is 4.81. The number of hydrogen-bond acceptors (Lipinski definition) is 4. The van der Waals surface area contributed by atoms with E-state index in [0.29, 0.717) is 31.1 Å². The minimum Gasteiger partial charge on any atom is -0.487 e. The van der Waals surface area contributed by atoms with Crippen LogP contribution >= 0.6 is 22.6 Å². The zero-order valence-corrected chi connectivity index (χ0v) is 13.2. The first-order chi connectivity index (χ1) is 9.00. The van der Waals surface area contributed by atoms with Crippen molar-refractivity contribution in [3.8, 4) is 5.75 Å². The van der Waals surface area contributed by atoms with Crippen molar-refractivity contribution >= 4 is 28.9 Å². The van der Waals surface area contributed by atoms with E-state index in [4.69, 9.17) is 14.2 Å². The molecule has 1 aromatic carbocycles. The van der Waals surface area contributed by atoms with Gasteiger partial charge in [-0.2, -0.15) is 0 Å². The first-order valence-corrected chi connectivity index (χ1v) is 7.19. The zero-order chi connectivity index (χ0) is 13.9. The second-order valence-corrected chi connectivity index (χ2v) is 6.50. The SMILES string of the molecule is CC1(C)COC(COc2cc(C=O)ccc2I)OC1. The lowest BCUT2D eigenvalue weighted by atomic mass is 9.96. The Bertz CT molecular complexity index is 449. The Balaban J connectivity index is 1.91. The number of carbonyl (C=O) groups is 1. The third-order valence-corrected chi connectivity index (χ3v) is 3.68. The standard InChI is InChI=1S/C14H17IO4/c1-14(2)8-18-13(19-9-14)7-17-12-5-10(6-16)3-4-11(12)15/h3-6,13H,7-9H2,1-2H3. The lowest BCUT2D eigenvalue weighted by Gasteiger charge is -2.34. The van der Waals surface area contributed by atoms with Gasteiger partial charge in [-0.05, 0) is 34.7 Å². The van der Waals surface area contributed by atoms with Crippen molar-refractivity contribution in [2.45, 2.75) is 20.1 Å². The molecule has 0 radical (unpaired) electrons. The van der Waals surface area contributed by atoms with E-state index in [0.717, 1.165) is 9.86 Å². The van der Waals surface area contributed by atoms with Crippen LogP contribution in [0, 0.1) is 8.99 Å². The predicted molar refractivity (Wildman–Crippen MR) is 79.5 cm³/mol. The highest BCUT2D eigenvalue weighted by molar-refractivity contribution is 14.1. The molecule has 0 saturated carbocycles. The fraction of sp³-hybridized carbons (Fsp3) is 0.500. The van der Waals surface area contributed by atoms with Gasteiger partial charge in [0.25, 0.3) is 0 Å². The number of benzene rings is 1. The molecule has 0 spiro atoms. The predicted octanol–water partition coefficient (Wildman–Crippen LogP) is 2.88. The molecule has 0 atom stereocenters. The molecular weight excluding hydrogens is 359 g/mol. The highest BCUT2D eigenvalue weighted by atomic mass is 127. The highest BCUT2D eigenvalue weighted by Crippen LogP contribution is 2.25. The first kappa shape index (κ1) is 14.7. The van der Waals surface area contributed by atoms with Crippen LogP contribution in [0.25, 0.3) is 0 Å². The maximum absolute atomic E-state index is 10.7. The summed E-state index contributed by atoms with van der Waals surface area (Å²) in [6, 6.07) is 5.34. The van der Waals surface area contributed by atoms with Crippen molar-refractivity contribution in [1.82, 2.24) is 0 Å². The third-order valence-electron chi connectivity index (χ3n) is 2.79. The maximum atomic E-state index is 10.7. The van der Waals surface area contributed by atoms with Gasteiger partial charge in [-0.3, -0.25) is 4.79 Å². The fourth-order valence-electron chi connectivity index (χ4n) is 1.68. The fourth-order valence-corrected chi connectivity index (χ4v) is 2.18. The summed E-state index contributed by atoms with van der Waals surface area (Å²) in [5, 5.41) is 0. The molecule has 1 aliphatic rings. The normalized spacial score (nSPS) is 19.1. The van der Waals surface area contributed by atoms with Gasteiger partial charge in [-0.1, -0.05) is 19.9 Å². The van der Waals surface area contributed by atoms with E-state index in [1.165, 1.54) is 0 Å². The molecule has 0 N–H and O–H groups in total. The topological polar surface area (TPSA) is 44.8 Å². The molecule has 4 nitrogen and oxygen atoms in total. The lowest BCUT2D eigenvalue weighted by molar-refractivity contribution is -0.231. The van der Waals surface area contributed by atoms with Crippen LogP contribution < -0.4 is 4.74 Å². The summed E-state index contributed by atoms with van der Waals surface area (Å²) in [5.74, 6) is 0.683. The van der Waals surface area contributed by atoms with Gasteiger partial charge in [0, 0.05) is 11.0 Å². The molecule has 0 aromatic heterocycles. The van der Waals surface area contributed by atoms with Gasteiger partial charge in [-0.15, -0.1) is 0 Å². The average Bonchev–Trinajstić information content (AvgIpc) is 2.39. The number of carbonyl (C=O) groups excluding carboxylic acids is 1. The number of aldehydes is 1. The van der Waals surface area contributed by atoms with Gasteiger partial charge in [-0.25, -0.2) is 0 Å². The minimum atomic E-state index is -0.344. The number of ether oxygens (including phenoxy) is 3. The summed E-state index contributed by atoms with van der Waals surface area (Å²) < 4.78 is 17.8. The molecule has 1 aliphatic heterocycles. The number of halogens is 1. The van der Waals surface area contributed by atoms with Crippen molar-refractivity contribution in [3.63, 3.8) is 0 Å². The zero-order valence-electron chi connectivity index (χ0n) is 11.0. The van der Waals surface area contributed by atoms with E-state index < -0.39 is 0 Å². The molecule has 104 valence electrons. The van der Waals surface area contributed by atoms with Gasteiger partial charge >= 0.3 is 0 Å². The van der Waals surface area contributed by atoms with Crippen molar-refractivity contribution in [2.75, 3.05) is 19.8 Å². The maximum Gasteiger partial charge on any atom is 0.191 e. The lowest BCUT2D eigenvalue weighted by Crippen LogP contribution is -2.40. The molecule has 2 rings (SSSR count). The summed E-state index contributed by atoms with van der Waals surface area (Å²) in [6.07, 6.45) is 0.461. The smallest absolute Gasteiger partial charge is 0.191 e. The molecule has 0 bridgehead atoms. The molecule has 0 amide bonds. The highest BCUT2D eigenvalue weighted by Gasteiger charge is 2.28. The van der Waals surface area contributed by atoms with Crippen molar-refractivity contribution in [3.05, 3.63) is 27.3 Å². The van der Waals surface area contributed by atoms with Crippen molar-refractivity contribution in [2.24, 2.45) is 5.41 Å². The number of rotatable bonds is 4. The Morgan fingerprint density at radius 1 is 1.42 bits per heavy atom. The second-order valence-electron chi connectivity index (χ2n) is 5.33. The molecular formula is C14H17IO4. The monoisotopic (exact) mass is 376 g/mol. The molecule has 0 unspecified atom stereocenters. The summed E-state index contributed by atoms with van der Waals surface area (Å²) in [4.78, 5) is 10.7. The Labute approximate surface area is 126 Å².